The lowest BCUT2D eigenvalue weighted by molar-refractivity contribution is 0.465. The molecule has 0 N–H and O–H groups in total. The smallest absolute Gasteiger partial charge is 0.0706 e. The summed E-state index contributed by atoms with van der Waals surface area (Å²) in [5.74, 6) is 1.54. The fourth-order valence-electron chi connectivity index (χ4n) is 4.64. The molecular formula is C27H32N2. The van der Waals surface area contributed by atoms with Crippen molar-refractivity contribution in [3.05, 3.63) is 89.3 Å². The van der Waals surface area contributed by atoms with Gasteiger partial charge in [0.05, 0.1) is 17.6 Å². The first-order valence-electron chi connectivity index (χ1n) is 11.0. The highest BCUT2D eigenvalue weighted by Gasteiger charge is 2.31. The van der Waals surface area contributed by atoms with Gasteiger partial charge in [-0.3, -0.25) is 0 Å². The average Bonchev–Trinajstić information content (AvgIpc) is 3.23. The van der Waals surface area contributed by atoms with Gasteiger partial charge in [-0.2, -0.15) is 5.10 Å². The van der Waals surface area contributed by atoms with Gasteiger partial charge in [-0.05, 0) is 77.5 Å². The molecule has 1 unspecified atom stereocenters. The lowest BCUT2D eigenvalue weighted by Crippen LogP contribution is -2.21. The Morgan fingerprint density at radius 1 is 1.00 bits per heavy atom. The number of hydrogen-bond acceptors (Lipinski definition) is 1. The van der Waals surface area contributed by atoms with Crippen LogP contribution >= 0.6 is 0 Å². The van der Waals surface area contributed by atoms with Gasteiger partial charge in [-0.15, -0.1) is 0 Å². The summed E-state index contributed by atoms with van der Waals surface area (Å²) in [5.41, 5.74) is 8.37. The van der Waals surface area contributed by atoms with Crippen LogP contribution in [0.3, 0.4) is 0 Å². The van der Waals surface area contributed by atoms with Crippen molar-refractivity contribution < 1.29 is 0 Å². The van der Waals surface area contributed by atoms with Crippen molar-refractivity contribution >= 4 is 5.57 Å². The number of aromatic nitrogens is 2. The monoisotopic (exact) mass is 384 g/mol. The summed E-state index contributed by atoms with van der Waals surface area (Å²) in [7, 11) is 0. The summed E-state index contributed by atoms with van der Waals surface area (Å²) in [6.45, 7) is 9.38. The number of nitrogens with zero attached hydrogens (tertiary/aromatic N) is 2. The van der Waals surface area contributed by atoms with Crippen molar-refractivity contribution in [1.82, 2.24) is 9.78 Å². The van der Waals surface area contributed by atoms with Gasteiger partial charge >= 0.3 is 0 Å². The molecule has 1 heterocycles. The molecule has 0 bridgehead atoms. The summed E-state index contributed by atoms with van der Waals surface area (Å²) >= 11 is 0. The van der Waals surface area contributed by atoms with Crippen molar-refractivity contribution in [2.45, 2.75) is 47.0 Å². The van der Waals surface area contributed by atoms with E-state index in [2.05, 4.69) is 93.1 Å². The zero-order valence-electron chi connectivity index (χ0n) is 18.1. The molecule has 0 radical (unpaired) electrons. The third-order valence-electron chi connectivity index (χ3n) is 6.22. The van der Waals surface area contributed by atoms with Crippen LogP contribution < -0.4 is 0 Å². The Balaban J connectivity index is 1.89. The Morgan fingerprint density at radius 3 is 2.45 bits per heavy atom. The predicted molar refractivity (Wildman–Crippen MR) is 123 cm³/mol. The molecular weight excluding hydrogens is 352 g/mol. The minimum atomic E-state index is 0.473. The number of para-hydroxylation sites is 1. The minimum absolute atomic E-state index is 0.473. The van der Waals surface area contributed by atoms with Crippen molar-refractivity contribution in [2.24, 2.45) is 17.8 Å². The standard InChI is InChI=1S/C27H32N2/c1-19(2)24-17-22(21-11-7-5-8-12-21)18-25(20(3)4)27(24)26-15-16-28-29(26)23-13-9-6-10-14-23/h5-7,9-11,13-17,19-20,25H,8,12,18H2,1-4H3. The lowest BCUT2D eigenvalue weighted by atomic mass is 9.71. The van der Waals surface area contributed by atoms with Crippen molar-refractivity contribution in [3.8, 4) is 5.69 Å². The van der Waals surface area contributed by atoms with Crippen molar-refractivity contribution in [1.29, 1.82) is 0 Å². The van der Waals surface area contributed by atoms with Crippen LogP contribution in [-0.2, 0) is 0 Å². The van der Waals surface area contributed by atoms with Crippen molar-refractivity contribution in [3.63, 3.8) is 0 Å². The Labute approximate surface area is 175 Å². The second-order valence-corrected chi connectivity index (χ2v) is 8.87. The van der Waals surface area contributed by atoms with E-state index in [0.29, 0.717) is 17.8 Å². The average molecular weight is 385 g/mol. The maximum absolute atomic E-state index is 4.70. The lowest BCUT2D eigenvalue weighted by Gasteiger charge is -2.34. The summed E-state index contributed by atoms with van der Waals surface area (Å²) < 4.78 is 2.12. The molecule has 2 aliphatic carbocycles. The van der Waals surface area contributed by atoms with Gasteiger partial charge in [-0.25, -0.2) is 4.68 Å². The molecule has 1 aromatic carbocycles. The van der Waals surface area contributed by atoms with Crippen LogP contribution in [0.5, 0.6) is 0 Å². The first kappa shape index (κ1) is 19.7. The predicted octanol–water partition coefficient (Wildman–Crippen LogP) is 7.16. The Hall–Kier alpha value is -2.61. The van der Waals surface area contributed by atoms with Gasteiger partial charge < -0.3 is 0 Å². The third kappa shape index (κ3) is 3.94. The second kappa shape index (κ2) is 8.41. The Kier molecular flexibility index (Phi) is 5.71. The van der Waals surface area contributed by atoms with Gasteiger partial charge in [0.1, 0.15) is 0 Å². The van der Waals surface area contributed by atoms with E-state index in [0.717, 1.165) is 24.9 Å². The fourth-order valence-corrected chi connectivity index (χ4v) is 4.64. The van der Waals surface area contributed by atoms with E-state index in [4.69, 9.17) is 5.10 Å². The van der Waals surface area contributed by atoms with Crippen LogP contribution in [0.15, 0.2) is 83.6 Å². The van der Waals surface area contributed by atoms with Crippen LogP contribution in [0.1, 0.15) is 52.7 Å². The fraction of sp³-hybridized carbons (Fsp3) is 0.370. The maximum Gasteiger partial charge on any atom is 0.0706 e. The first-order chi connectivity index (χ1) is 14.1. The normalized spacial score (nSPS) is 19.7. The molecule has 0 aliphatic heterocycles. The molecule has 0 spiro atoms. The number of hydrogen-bond donors (Lipinski definition) is 0. The molecule has 2 aromatic rings. The molecule has 1 atom stereocenters. The van der Waals surface area contributed by atoms with Gasteiger partial charge in [0.2, 0.25) is 0 Å². The molecule has 29 heavy (non-hydrogen) atoms. The van der Waals surface area contributed by atoms with Crippen LogP contribution in [0.2, 0.25) is 0 Å². The molecule has 2 heteroatoms. The Bertz CT molecular complexity index is 981. The second-order valence-electron chi connectivity index (χ2n) is 8.87. The summed E-state index contributed by atoms with van der Waals surface area (Å²) in [4.78, 5) is 0. The molecule has 4 rings (SSSR count). The zero-order valence-corrected chi connectivity index (χ0v) is 18.1. The van der Waals surface area contributed by atoms with E-state index < -0.39 is 0 Å². The summed E-state index contributed by atoms with van der Waals surface area (Å²) in [6.07, 6.45) is 14.7. The van der Waals surface area contributed by atoms with Crippen LogP contribution in [0.25, 0.3) is 11.3 Å². The van der Waals surface area contributed by atoms with Gasteiger partial charge in [-0.1, -0.05) is 70.2 Å². The van der Waals surface area contributed by atoms with Crippen LogP contribution in [0.4, 0.5) is 0 Å². The maximum atomic E-state index is 4.70. The number of benzene rings is 1. The van der Waals surface area contributed by atoms with E-state index in [1.54, 1.807) is 0 Å². The Morgan fingerprint density at radius 2 is 1.79 bits per heavy atom. The van der Waals surface area contributed by atoms with E-state index in [1.165, 1.54) is 28.0 Å². The highest BCUT2D eigenvalue weighted by molar-refractivity contribution is 5.75. The van der Waals surface area contributed by atoms with Crippen LogP contribution in [0, 0.1) is 17.8 Å². The molecule has 2 nitrogen and oxygen atoms in total. The van der Waals surface area contributed by atoms with Gasteiger partial charge in [0.25, 0.3) is 0 Å². The van der Waals surface area contributed by atoms with E-state index >= 15 is 0 Å². The van der Waals surface area contributed by atoms with E-state index in [1.807, 2.05) is 6.20 Å². The highest BCUT2D eigenvalue weighted by Crippen LogP contribution is 2.45. The van der Waals surface area contributed by atoms with Gasteiger partial charge in [0, 0.05) is 0 Å². The topological polar surface area (TPSA) is 17.8 Å². The van der Waals surface area contributed by atoms with E-state index in [-0.39, 0.29) is 0 Å². The van der Waals surface area contributed by atoms with E-state index in [9.17, 15) is 0 Å². The molecule has 0 saturated carbocycles. The molecule has 0 amide bonds. The first-order valence-corrected chi connectivity index (χ1v) is 11.0. The molecule has 0 fully saturated rings. The summed E-state index contributed by atoms with van der Waals surface area (Å²) in [6, 6.07) is 12.7. The number of allylic oxidation sites excluding steroid dienone is 8. The highest BCUT2D eigenvalue weighted by atomic mass is 15.3. The molecule has 2 aliphatic rings. The largest absolute Gasteiger partial charge is 0.233 e. The molecule has 150 valence electrons. The number of rotatable bonds is 5. The van der Waals surface area contributed by atoms with Gasteiger partial charge in [0.15, 0.2) is 0 Å². The minimum Gasteiger partial charge on any atom is -0.233 e. The van der Waals surface area contributed by atoms with Crippen molar-refractivity contribution in [2.75, 3.05) is 0 Å². The summed E-state index contributed by atoms with van der Waals surface area (Å²) in [5, 5.41) is 4.70. The third-order valence-corrected chi connectivity index (χ3v) is 6.22. The molecule has 0 saturated heterocycles. The van der Waals surface area contributed by atoms with Crippen LogP contribution in [-0.4, -0.2) is 9.78 Å². The zero-order chi connectivity index (χ0) is 20.4. The quantitative estimate of drug-likeness (QED) is 0.535. The SMILES string of the molecule is CC(C)C1=C(c2ccnn2-c2ccccc2)C(C(C)C)CC(C2=CC=CCC2)=C1. The molecule has 1 aromatic heterocycles.